The summed E-state index contributed by atoms with van der Waals surface area (Å²) in [6, 6.07) is 5.82. The molecule has 2 aromatic rings. The van der Waals surface area contributed by atoms with Gasteiger partial charge in [0.1, 0.15) is 11.6 Å². The lowest BCUT2D eigenvalue weighted by Crippen LogP contribution is -2.45. The zero-order valence-electron chi connectivity index (χ0n) is 18.2. The van der Waals surface area contributed by atoms with Gasteiger partial charge >= 0.3 is 12.1 Å². The quantitative estimate of drug-likeness (QED) is 0.557. The molecule has 2 rings (SSSR count). The summed E-state index contributed by atoms with van der Waals surface area (Å²) in [5.74, 6) is -1.05. The Morgan fingerprint density at radius 1 is 1.06 bits per heavy atom. The van der Waals surface area contributed by atoms with Crippen LogP contribution in [-0.4, -0.2) is 41.2 Å². The van der Waals surface area contributed by atoms with E-state index in [1.807, 2.05) is 0 Å². The Morgan fingerprint density at radius 2 is 1.66 bits per heavy atom. The van der Waals surface area contributed by atoms with Crippen molar-refractivity contribution in [1.82, 2.24) is 10.3 Å². The second-order valence-corrected chi connectivity index (χ2v) is 8.60. The first-order valence-corrected chi connectivity index (χ1v) is 10.6. The van der Waals surface area contributed by atoms with Crippen molar-refractivity contribution in [3.8, 4) is 0 Å². The zero-order chi connectivity index (χ0) is 23.9. The van der Waals surface area contributed by atoms with Gasteiger partial charge in [0.15, 0.2) is 0 Å². The van der Waals surface area contributed by atoms with E-state index in [2.05, 4.69) is 15.6 Å². The molecule has 1 atom stereocenters. The highest BCUT2D eigenvalue weighted by Crippen LogP contribution is 2.24. The molecule has 1 aromatic carbocycles. The Bertz CT molecular complexity index is 954. The van der Waals surface area contributed by atoms with Gasteiger partial charge in [0.05, 0.1) is 22.2 Å². The number of rotatable bonds is 7. The molecule has 0 spiro atoms. The highest BCUT2D eigenvalue weighted by molar-refractivity contribution is 6.40. The van der Waals surface area contributed by atoms with Crippen LogP contribution in [0.3, 0.4) is 0 Å². The van der Waals surface area contributed by atoms with Gasteiger partial charge in [-0.25, -0.2) is 9.59 Å². The molecule has 0 saturated carbocycles. The van der Waals surface area contributed by atoms with E-state index < -0.39 is 29.6 Å². The molecule has 0 aliphatic rings. The first-order valence-electron chi connectivity index (χ1n) is 9.85. The largest absolute Gasteiger partial charge is 0.464 e. The normalized spacial score (nSPS) is 11.9. The zero-order valence-corrected chi connectivity index (χ0v) is 19.7. The summed E-state index contributed by atoms with van der Waals surface area (Å²) in [6.45, 7) is 7.04. The summed E-state index contributed by atoms with van der Waals surface area (Å²) in [6.07, 6.45) is 2.12. The number of nitrogens with zero attached hydrogens (tertiary/aromatic N) is 1. The second-order valence-electron chi connectivity index (χ2n) is 7.78. The third-order valence-electron chi connectivity index (χ3n) is 3.99. The van der Waals surface area contributed by atoms with Crippen LogP contribution in [0.2, 0.25) is 10.0 Å². The molecule has 8 nitrogen and oxygen atoms in total. The molecule has 0 fully saturated rings. The van der Waals surface area contributed by atoms with Crippen LogP contribution < -0.4 is 10.6 Å². The van der Waals surface area contributed by atoms with Crippen LogP contribution in [0.15, 0.2) is 36.7 Å². The van der Waals surface area contributed by atoms with Crippen LogP contribution in [0.25, 0.3) is 0 Å². The maximum absolute atomic E-state index is 12.5. The average molecular weight is 482 g/mol. The molecule has 0 bridgehead atoms. The minimum atomic E-state index is -0.931. The Kier molecular flexibility index (Phi) is 8.86. The lowest BCUT2D eigenvalue weighted by atomic mass is 10.1. The average Bonchev–Trinajstić information content (AvgIpc) is 2.67. The van der Waals surface area contributed by atoms with Gasteiger partial charge < -0.3 is 20.1 Å². The molecular formula is C22H25Cl2N3O5. The van der Waals surface area contributed by atoms with E-state index in [9.17, 15) is 14.4 Å². The number of benzene rings is 1. The molecular weight excluding hydrogens is 457 g/mol. The summed E-state index contributed by atoms with van der Waals surface area (Å²) >= 11 is 12.0. The number of anilines is 1. The van der Waals surface area contributed by atoms with E-state index in [-0.39, 0.29) is 28.6 Å². The molecule has 0 aliphatic heterocycles. The van der Waals surface area contributed by atoms with Gasteiger partial charge in [-0.3, -0.25) is 9.78 Å². The summed E-state index contributed by atoms with van der Waals surface area (Å²) < 4.78 is 10.3. The van der Waals surface area contributed by atoms with Crippen molar-refractivity contribution in [3.63, 3.8) is 0 Å². The Balaban J connectivity index is 2.09. The van der Waals surface area contributed by atoms with Gasteiger partial charge in [0, 0.05) is 24.5 Å². The van der Waals surface area contributed by atoms with Crippen molar-refractivity contribution in [2.24, 2.45) is 0 Å². The third kappa shape index (κ3) is 7.69. The number of ether oxygens (including phenoxy) is 2. The van der Waals surface area contributed by atoms with Crippen molar-refractivity contribution < 1.29 is 23.9 Å². The molecule has 1 aromatic heterocycles. The number of hydrogen-bond acceptors (Lipinski definition) is 6. The van der Waals surface area contributed by atoms with Crippen molar-refractivity contribution in [2.75, 3.05) is 11.9 Å². The molecule has 10 heteroatoms. The minimum absolute atomic E-state index is 0.122. The number of hydrogen-bond donors (Lipinski definition) is 2. The van der Waals surface area contributed by atoms with E-state index >= 15 is 0 Å². The maximum Gasteiger partial charge on any atom is 0.408 e. The van der Waals surface area contributed by atoms with Gasteiger partial charge in [-0.15, -0.1) is 0 Å². The molecule has 2 N–H and O–H groups in total. The Hall–Kier alpha value is -2.84. The monoisotopic (exact) mass is 481 g/mol. The molecule has 0 aliphatic carbocycles. The number of esters is 1. The van der Waals surface area contributed by atoms with Gasteiger partial charge in [-0.2, -0.15) is 0 Å². The van der Waals surface area contributed by atoms with Crippen molar-refractivity contribution in [3.05, 3.63) is 57.8 Å². The molecule has 1 heterocycles. The maximum atomic E-state index is 12.5. The van der Waals surface area contributed by atoms with E-state index in [0.717, 1.165) is 5.56 Å². The molecule has 32 heavy (non-hydrogen) atoms. The van der Waals surface area contributed by atoms with Crippen molar-refractivity contribution >= 4 is 46.9 Å². The predicted molar refractivity (Wildman–Crippen MR) is 122 cm³/mol. The van der Waals surface area contributed by atoms with E-state index in [4.69, 9.17) is 32.7 Å². The number of carbonyl (C=O) groups excluding carboxylic acids is 3. The Morgan fingerprint density at radius 3 is 2.19 bits per heavy atom. The van der Waals surface area contributed by atoms with E-state index in [1.54, 1.807) is 52.0 Å². The van der Waals surface area contributed by atoms with Crippen LogP contribution in [-0.2, 0) is 20.7 Å². The predicted octanol–water partition coefficient (Wildman–Crippen LogP) is 4.64. The van der Waals surface area contributed by atoms with E-state index in [1.165, 1.54) is 12.4 Å². The lowest BCUT2D eigenvalue weighted by molar-refractivity contribution is -0.145. The van der Waals surface area contributed by atoms with E-state index in [0.29, 0.717) is 5.69 Å². The molecule has 2 amide bonds. The van der Waals surface area contributed by atoms with Crippen molar-refractivity contribution in [1.29, 1.82) is 0 Å². The summed E-state index contributed by atoms with van der Waals surface area (Å²) in [5.41, 5.74) is 0.646. The first kappa shape index (κ1) is 25.4. The highest BCUT2D eigenvalue weighted by Gasteiger charge is 2.25. The minimum Gasteiger partial charge on any atom is -0.464 e. The van der Waals surface area contributed by atoms with Crippen LogP contribution in [0.4, 0.5) is 10.5 Å². The Labute approximate surface area is 196 Å². The SMILES string of the molecule is CCOC(=O)[C@@H](Cc1ccc(NC(=O)c2c(Cl)cncc2Cl)cc1)NC(=O)OC(C)(C)C. The second kappa shape index (κ2) is 11.2. The van der Waals surface area contributed by atoms with Gasteiger partial charge in [-0.05, 0) is 45.4 Å². The topological polar surface area (TPSA) is 107 Å². The third-order valence-corrected chi connectivity index (χ3v) is 4.57. The summed E-state index contributed by atoms with van der Waals surface area (Å²) in [4.78, 5) is 40.7. The molecule has 172 valence electrons. The summed E-state index contributed by atoms with van der Waals surface area (Å²) in [5, 5.41) is 5.52. The number of nitrogens with one attached hydrogen (secondary N) is 2. The number of carbonyl (C=O) groups is 3. The number of pyridine rings is 1. The lowest BCUT2D eigenvalue weighted by Gasteiger charge is -2.23. The fourth-order valence-corrected chi connectivity index (χ4v) is 3.20. The van der Waals surface area contributed by atoms with Crippen molar-refractivity contribution in [2.45, 2.75) is 45.8 Å². The highest BCUT2D eigenvalue weighted by atomic mass is 35.5. The van der Waals surface area contributed by atoms with Gasteiger partial charge in [-0.1, -0.05) is 35.3 Å². The number of aromatic nitrogens is 1. The number of amides is 2. The van der Waals surface area contributed by atoms with Crippen LogP contribution in [0.1, 0.15) is 43.6 Å². The fourth-order valence-electron chi connectivity index (χ4n) is 2.67. The fraction of sp³-hybridized carbons (Fsp3) is 0.364. The first-order chi connectivity index (χ1) is 15.0. The van der Waals surface area contributed by atoms with Crippen LogP contribution >= 0.6 is 23.2 Å². The van der Waals surface area contributed by atoms with Gasteiger partial charge in [0.2, 0.25) is 0 Å². The smallest absolute Gasteiger partial charge is 0.408 e. The molecule has 0 saturated heterocycles. The van der Waals surface area contributed by atoms with Crippen LogP contribution in [0, 0.1) is 0 Å². The standard InChI is InChI=1S/C22H25Cl2N3O5/c1-5-31-20(29)17(27-21(30)32-22(2,3)4)10-13-6-8-14(9-7-13)26-19(28)18-15(23)11-25-12-16(18)24/h6-9,11-12,17H,5,10H2,1-4H3,(H,26,28)(H,27,30)/t17-/m1/s1. The summed E-state index contributed by atoms with van der Waals surface area (Å²) in [7, 11) is 0. The number of halogens is 2. The van der Waals surface area contributed by atoms with Crippen LogP contribution in [0.5, 0.6) is 0 Å². The molecule has 0 radical (unpaired) electrons. The molecule has 0 unspecified atom stereocenters. The van der Waals surface area contributed by atoms with Gasteiger partial charge in [0.25, 0.3) is 5.91 Å². The number of alkyl carbamates (subject to hydrolysis) is 1.